The molecule has 1 aliphatic rings. The van der Waals surface area contributed by atoms with Crippen molar-refractivity contribution < 1.29 is 9.52 Å². The van der Waals surface area contributed by atoms with Gasteiger partial charge in [0.1, 0.15) is 0 Å². The maximum absolute atomic E-state index is 12.1. The monoisotopic (exact) mass is 357 g/mol. The fourth-order valence-electron chi connectivity index (χ4n) is 2.88. The topological polar surface area (TPSA) is 59.3 Å². The van der Waals surface area contributed by atoms with E-state index < -0.39 is 0 Å². The number of hydrogen-bond donors (Lipinski definition) is 1. The summed E-state index contributed by atoms with van der Waals surface area (Å²) in [5.41, 5.74) is 1.98. The van der Waals surface area contributed by atoms with Crippen molar-refractivity contribution in [2.45, 2.75) is 24.8 Å². The highest BCUT2D eigenvalue weighted by molar-refractivity contribution is 7.99. The van der Waals surface area contributed by atoms with Crippen molar-refractivity contribution in [3.63, 3.8) is 0 Å². The molecule has 2 heterocycles. The van der Waals surface area contributed by atoms with Crippen molar-refractivity contribution in [2.75, 3.05) is 29.1 Å². The molecular weight excluding hydrogens is 334 g/mol. The van der Waals surface area contributed by atoms with Crippen molar-refractivity contribution in [3.05, 3.63) is 53.9 Å². The quantitative estimate of drug-likeness (QED) is 0.507. The van der Waals surface area contributed by atoms with Gasteiger partial charge in [-0.15, -0.1) is 0 Å². The molecular formula is C19H23N3O2S. The zero-order valence-electron chi connectivity index (χ0n) is 14.4. The molecule has 1 fully saturated rings. The predicted molar refractivity (Wildman–Crippen MR) is 102 cm³/mol. The average Bonchev–Trinajstić information content (AvgIpc) is 2.62. The van der Waals surface area contributed by atoms with Crippen molar-refractivity contribution in [1.29, 1.82) is 0 Å². The molecule has 6 heteroatoms. The second-order valence-electron chi connectivity index (χ2n) is 6.42. The van der Waals surface area contributed by atoms with Crippen LogP contribution in [0, 0.1) is 11.1 Å². The van der Waals surface area contributed by atoms with Crippen LogP contribution in [-0.4, -0.2) is 24.7 Å². The van der Waals surface area contributed by atoms with Crippen LogP contribution in [0.4, 0.5) is 11.4 Å². The molecule has 0 unspecified atom stereocenters. The van der Waals surface area contributed by atoms with Crippen LogP contribution in [0.2, 0.25) is 0 Å². The number of thioether (sulfide) groups is 1. The Kier molecular flexibility index (Phi) is 5.81. The molecule has 0 atom stereocenters. The Morgan fingerprint density at radius 1 is 1.24 bits per heavy atom. The lowest BCUT2D eigenvalue weighted by atomic mass is 9.99. The van der Waals surface area contributed by atoms with Crippen LogP contribution in [0.3, 0.4) is 0 Å². The maximum atomic E-state index is 12.1. The number of aromatic nitrogens is 1. The molecule has 1 amide bonds. The van der Waals surface area contributed by atoms with Crippen LogP contribution < -0.4 is 14.9 Å². The van der Waals surface area contributed by atoms with Crippen LogP contribution in [0.15, 0.2) is 53.7 Å². The third-order valence-electron chi connectivity index (χ3n) is 4.44. The van der Waals surface area contributed by atoms with E-state index in [4.69, 9.17) is 0 Å². The third kappa shape index (κ3) is 4.89. The fourth-order valence-corrected chi connectivity index (χ4v) is 3.60. The van der Waals surface area contributed by atoms with E-state index in [1.807, 2.05) is 12.1 Å². The van der Waals surface area contributed by atoms with Gasteiger partial charge in [0.05, 0.1) is 5.75 Å². The van der Waals surface area contributed by atoms with Gasteiger partial charge in [-0.25, -0.2) is 0 Å². The minimum Gasteiger partial charge on any atom is -0.618 e. The van der Waals surface area contributed by atoms with E-state index in [2.05, 4.69) is 29.3 Å². The molecule has 1 aromatic heterocycles. The van der Waals surface area contributed by atoms with E-state index in [1.54, 1.807) is 18.2 Å². The minimum atomic E-state index is -0.117. The zero-order chi connectivity index (χ0) is 17.6. The molecule has 2 aromatic rings. The summed E-state index contributed by atoms with van der Waals surface area (Å²) in [6, 6.07) is 13.1. The number of carbonyl (C=O) groups excluding carboxylic acids is 1. The Morgan fingerprint density at radius 3 is 2.64 bits per heavy atom. The summed E-state index contributed by atoms with van der Waals surface area (Å²) >= 11 is 1.23. The van der Waals surface area contributed by atoms with Crippen molar-refractivity contribution in [1.82, 2.24) is 0 Å². The first-order valence-electron chi connectivity index (χ1n) is 8.57. The molecule has 3 rings (SSSR count). The van der Waals surface area contributed by atoms with Gasteiger partial charge >= 0.3 is 0 Å². The van der Waals surface area contributed by atoms with Gasteiger partial charge in [-0.1, -0.05) is 6.92 Å². The molecule has 1 saturated heterocycles. The highest BCUT2D eigenvalue weighted by Crippen LogP contribution is 2.24. The van der Waals surface area contributed by atoms with Gasteiger partial charge in [0.15, 0.2) is 6.20 Å². The van der Waals surface area contributed by atoms with Gasteiger partial charge in [-0.2, -0.15) is 4.73 Å². The van der Waals surface area contributed by atoms with Crippen LogP contribution in [0.5, 0.6) is 0 Å². The molecule has 0 spiro atoms. The summed E-state index contributed by atoms with van der Waals surface area (Å²) in [7, 11) is 0. The van der Waals surface area contributed by atoms with Crippen molar-refractivity contribution >= 4 is 29.0 Å². The molecule has 0 aliphatic carbocycles. The van der Waals surface area contributed by atoms with Gasteiger partial charge in [0.25, 0.3) is 5.03 Å². The largest absolute Gasteiger partial charge is 0.618 e. The standard InChI is InChI=1S/C19H23N3O2S/c1-15-9-12-21(13-10-15)17-7-5-16(6-8-17)20-18(23)14-25-19-4-2-3-11-22(19)24/h2-8,11,15H,9-10,12-14H2,1H3,(H,20,23). The van der Waals surface area contributed by atoms with E-state index in [1.165, 1.54) is 36.5 Å². The van der Waals surface area contributed by atoms with E-state index in [0.717, 1.165) is 29.4 Å². The Balaban J connectivity index is 1.51. The van der Waals surface area contributed by atoms with Crippen LogP contribution >= 0.6 is 11.8 Å². The number of piperidine rings is 1. The summed E-state index contributed by atoms with van der Waals surface area (Å²) in [6.45, 7) is 4.49. The summed E-state index contributed by atoms with van der Waals surface area (Å²) in [4.78, 5) is 14.5. The van der Waals surface area contributed by atoms with Crippen LogP contribution in [0.1, 0.15) is 19.8 Å². The first kappa shape index (κ1) is 17.6. The summed E-state index contributed by atoms with van der Waals surface area (Å²) < 4.78 is 0.770. The first-order valence-corrected chi connectivity index (χ1v) is 9.56. The molecule has 5 nitrogen and oxygen atoms in total. The summed E-state index contributed by atoms with van der Waals surface area (Å²) in [6.07, 6.45) is 3.89. The van der Waals surface area contributed by atoms with Gasteiger partial charge in [-0.3, -0.25) is 4.79 Å². The molecule has 0 bridgehead atoms. The van der Waals surface area contributed by atoms with Gasteiger partial charge in [0.2, 0.25) is 5.91 Å². The lowest BCUT2D eigenvalue weighted by molar-refractivity contribution is -0.645. The Morgan fingerprint density at radius 2 is 1.96 bits per heavy atom. The SMILES string of the molecule is CC1CCN(c2ccc(NC(=O)CSc3cccc[n+]3[O-])cc2)CC1. The molecule has 25 heavy (non-hydrogen) atoms. The predicted octanol–water partition coefficient (Wildman–Crippen LogP) is 3.29. The second kappa shape index (κ2) is 8.25. The number of carbonyl (C=O) groups is 1. The maximum Gasteiger partial charge on any atom is 0.251 e. The van der Waals surface area contributed by atoms with Gasteiger partial charge < -0.3 is 15.4 Å². The molecule has 1 aromatic carbocycles. The fraction of sp³-hybridized carbons (Fsp3) is 0.368. The van der Waals surface area contributed by atoms with Crippen LogP contribution in [0.25, 0.3) is 0 Å². The number of hydrogen-bond acceptors (Lipinski definition) is 4. The highest BCUT2D eigenvalue weighted by atomic mass is 32.2. The molecule has 0 radical (unpaired) electrons. The highest BCUT2D eigenvalue weighted by Gasteiger charge is 2.16. The van der Waals surface area contributed by atoms with E-state index >= 15 is 0 Å². The van der Waals surface area contributed by atoms with Crippen molar-refractivity contribution in [2.24, 2.45) is 5.92 Å². The van der Waals surface area contributed by atoms with Crippen LogP contribution in [-0.2, 0) is 4.79 Å². The average molecular weight is 357 g/mol. The number of amides is 1. The lowest BCUT2D eigenvalue weighted by Crippen LogP contribution is -2.32. The minimum absolute atomic E-state index is 0.117. The lowest BCUT2D eigenvalue weighted by Gasteiger charge is -2.32. The van der Waals surface area contributed by atoms with E-state index in [9.17, 15) is 10.0 Å². The molecule has 0 saturated carbocycles. The van der Waals surface area contributed by atoms with Gasteiger partial charge in [0, 0.05) is 36.6 Å². The number of anilines is 2. The van der Waals surface area contributed by atoms with Gasteiger partial charge in [-0.05, 0) is 60.9 Å². The number of nitrogens with one attached hydrogen (secondary N) is 1. The molecule has 1 aliphatic heterocycles. The summed E-state index contributed by atoms with van der Waals surface area (Å²) in [5, 5.41) is 15.0. The zero-order valence-corrected chi connectivity index (χ0v) is 15.2. The Labute approximate surface area is 152 Å². The van der Waals surface area contributed by atoms with Crippen molar-refractivity contribution in [3.8, 4) is 0 Å². The summed E-state index contributed by atoms with van der Waals surface area (Å²) in [5.74, 6) is 0.899. The Hall–Kier alpha value is -2.21. The first-order chi connectivity index (χ1) is 12.1. The second-order valence-corrected chi connectivity index (χ2v) is 7.41. The third-order valence-corrected chi connectivity index (χ3v) is 5.46. The number of nitrogens with zero attached hydrogens (tertiary/aromatic N) is 2. The number of pyridine rings is 1. The van der Waals surface area contributed by atoms with E-state index in [-0.39, 0.29) is 11.7 Å². The smallest absolute Gasteiger partial charge is 0.251 e. The Bertz CT molecular complexity index is 713. The molecule has 1 N–H and O–H groups in total. The normalized spacial score (nSPS) is 15.2. The molecule has 132 valence electrons. The van der Waals surface area contributed by atoms with E-state index in [0.29, 0.717) is 5.03 Å². The number of rotatable bonds is 5. The number of benzene rings is 1.